The number of aromatic hydroxyl groups is 1. The minimum absolute atomic E-state index is 0.0573. The zero-order chi connectivity index (χ0) is 19.0. The number of carbonyl (C=O) groups is 1. The molecular weight excluding hydrogens is 386 g/mol. The molecule has 1 amide bonds. The Morgan fingerprint density at radius 1 is 1.26 bits per heavy atom. The number of rotatable bonds is 4. The Labute approximate surface area is 165 Å². The molecule has 0 unspecified atom stereocenters. The molecule has 8 heteroatoms. The van der Waals surface area contributed by atoms with Crippen LogP contribution in [0.5, 0.6) is 23.0 Å². The topological polar surface area (TPSA) is 68.2 Å². The number of benzene rings is 2. The van der Waals surface area contributed by atoms with Crippen molar-refractivity contribution in [1.29, 1.82) is 0 Å². The predicted octanol–water partition coefficient (Wildman–Crippen LogP) is 3.93. The number of carbonyl (C=O) groups excluding carboxylic acids is 1. The van der Waals surface area contributed by atoms with Crippen LogP contribution in [-0.2, 0) is 4.79 Å². The first-order valence-electron chi connectivity index (χ1n) is 8.20. The van der Waals surface area contributed by atoms with Crippen molar-refractivity contribution < 1.29 is 24.1 Å². The van der Waals surface area contributed by atoms with Gasteiger partial charge in [0.05, 0.1) is 17.2 Å². The Morgan fingerprint density at radius 3 is 2.89 bits per heavy atom. The highest BCUT2D eigenvalue weighted by atomic mass is 32.2. The molecule has 0 spiro atoms. The van der Waals surface area contributed by atoms with Crippen LogP contribution >= 0.6 is 24.0 Å². The van der Waals surface area contributed by atoms with E-state index in [0.717, 1.165) is 5.56 Å². The fourth-order valence-corrected chi connectivity index (χ4v) is 4.06. The van der Waals surface area contributed by atoms with Gasteiger partial charge in [-0.15, -0.1) is 0 Å². The molecule has 0 aromatic heterocycles. The number of phenols is 1. The van der Waals surface area contributed by atoms with Crippen LogP contribution in [0.4, 0.5) is 5.69 Å². The second-order valence-corrected chi connectivity index (χ2v) is 7.39. The first-order chi connectivity index (χ1) is 13.1. The Hall–Kier alpha value is -2.71. The van der Waals surface area contributed by atoms with Gasteiger partial charge in [-0.05, 0) is 42.8 Å². The maximum atomic E-state index is 12.9. The molecule has 0 radical (unpaired) electrons. The van der Waals surface area contributed by atoms with Crippen LogP contribution in [0.3, 0.4) is 0 Å². The van der Waals surface area contributed by atoms with E-state index in [2.05, 4.69) is 0 Å². The zero-order valence-electron chi connectivity index (χ0n) is 14.3. The van der Waals surface area contributed by atoms with Gasteiger partial charge in [-0.2, -0.15) is 0 Å². The van der Waals surface area contributed by atoms with Crippen molar-refractivity contribution >= 4 is 46.0 Å². The highest BCUT2D eigenvalue weighted by Gasteiger charge is 2.34. The minimum Gasteiger partial charge on any atom is -0.504 e. The lowest BCUT2D eigenvalue weighted by Gasteiger charge is -2.14. The fraction of sp³-hybridized carbons (Fsp3) is 0.158. The summed E-state index contributed by atoms with van der Waals surface area (Å²) in [5.74, 6) is 1.45. The number of ether oxygens (including phenoxy) is 3. The molecule has 1 fully saturated rings. The molecule has 2 aromatic carbocycles. The van der Waals surface area contributed by atoms with Crippen LogP contribution in [0, 0.1) is 0 Å². The van der Waals surface area contributed by atoms with E-state index in [9.17, 15) is 9.90 Å². The lowest BCUT2D eigenvalue weighted by molar-refractivity contribution is -0.113. The fourth-order valence-electron chi connectivity index (χ4n) is 2.76. The molecule has 0 aliphatic carbocycles. The average molecular weight is 401 g/mol. The molecule has 0 atom stereocenters. The van der Waals surface area contributed by atoms with Gasteiger partial charge in [-0.1, -0.05) is 30.0 Å². The summed E-state index contributed by atoms with van der Waals surface area (Å²) in [6, 6.07) is 10.2. The van der Waals surface area contributed by atoms with Crippen molar-refractivity contribution in [3.8, 4) is 23.0 Å². The first kappa shape index (κ1) is 17.7. The van der Waals surface area contributed by atoms with Crippen LogP contribution in [-0.4, -0.2) is 28.7 Å². The first-order valence-corrected chi connectivity index (χ1v) is 9.42. The number of thiocarbonyl (C=S) groups is 1. The van der Waals surface area contributed by atoms with E-state index in [-0.39, 0.29) is 18.4 Å². The molecule has 6 nitrogen and oxygen atoms in total. The van der Waals surface area contributed by atoms with Gasteiger partial charge in [0.2, 0.25) is 6.79 Å². The Balaban J connectivity index is 1.63. The molecule has 0 saturated carbocycles. The summed E-state index contributed by atoms with van der Waals surface area (Å²) in [7, 11) is 0. The minimum atomic E-state index is -0.213. The molecule has 27 heavy (non-hydrogen) atoms. The second kappa shape index (κ2) is 7.13. The lowest BCUT2D eigenvalue weighted by atomic mass is 10.2. The number of nitrogens with zero attached hydrogens (tertiary/aromatic N) is 1. The van der Waals surface area contributed by atoms with Crippen molar-refractivity contribution in [2.45, 2.75) is 6.92 Å². The van der Waals surface area contributed by atoms with Gasteiger partial charge in [0.1, 0.15) is 0 Å². The zero-order valence-corrected chi connectivity index (χ0v) is 15.9. The number of phenolic OH excluding ortho intramolecular Hbond substituents is 1. The van der Waals surface area contributed by atoms with E-state index in [0.29, 0.717) is 38.8 Å². The highest BCUT2D eigenvalue weighted by Crippen LogP contribution is 2.41. The van der Waals surface area contributed by atoms with Crippen LogP contribution in [0.2, 0.25) is 0 Å². The van der Waals surface area contributed by atoms with Gasteiger partial charge in [0, 0.05) is 6.07 Å². The molecule has 1 N–H and O–H groups in total. The van der Waals surface area contributed by atoms with Crippen LogP contribution in [0.1, 0.15) is 12.5 Å². The van der Waals surface area contributed by atoms with E-state index in [1.54, 1.807) is 36.4 Å². The molecule has 1 saturated heterocycles. The molecule has 2 heterocycles. The molecule has 0 bridgehead atoms. The number of fused-ring (bicyclic) bond motifs is 1. The Bertz CT molecular complexity index is 973. The summed E-state index contributed by atoms with van der Waals surface area (Å²) < 4.78 is 16.5. The molecule has 4 rings (SSSR count). The second-order valence-electron chi connectivity index (χ2n) is 5.71. The van der Waals surface area contributed by atoms with Crippen molar-refractivity contribution in [1.82, 2.24) is 0 Å². The van der Waals surface area contributed by atoms with Crippen LogP contribution in [0.25, 0.3) is 6.08 Å². The number of hydrogen-bond donors (Lipinski definition) is 1. The summed E-state index contributed by atoms with van der Waals surface area (Å²) >= 11 is 6.62. The molecule has 2 aliphatic heterocycles. The maximum Gasteiger partial charge on any atom is 0.270 e. The van der Waals surface area contributed by atoms with Gasteiger partial charge in [0.15, 0.2) is 27.3 Å². The van der Waals surface area contributed by atoms with E-state index in [4.69, 9.17) is 26.4 Å². The SMILES string of the molecule is CCOc1cc(C=C2SC(=S)N(c3ccc4c(c3)OCO4)C2=O)ccc1O. The largest absolute Gasteiger partial charge is 0.504 e. The maximum absolute atomic E-state index is 12.9. The highest BCUT2D eigenvalue weighted by molar-refractivity contribution is 8.27. The summed E-state index contributed by atoms with van der Waals surface area (Å²) in [5.41, 5.74) is 1.37. The molecular formula is C19H15NO5S2. The van der Waals surface area contributed by atoms with Crippen molar-refractivity contribution in [3.05, 3.63) is 46.9 Å². The summed E-state index contributed by atoms with van der Waals surface area (Å²) in [4.78, 5) is 14.9. The third-order valence-electron chi connectivity index (χ3n) is 3.99. The lowest BCUT2D eigenvalue weighted by Crippen LogP contribution is -2.27. The number of anilines is 1. The third kappa shape index (κ3) is 3.33. The van der Waals surface area contributed by atoms with Crippen molar-refractivity contribution in [2.24, 2.45) is 0 Å². The van der Waals surface area contributed by atoms with E-state index in [1.807, 2.05) is 6.92 Å². The standard InChI is InChI=1S/C19H15NO5S2/c1-2-23-15-7-11(3-5-13(15)21)8-17-18(22)20(19(26)27-17)12-4-6-14-16(9-12)25-10-24-14/h3-9,21H,2,10H2,1H3. The van der Waals surface area contributed by atoms with Crippen LogP contribution < -0.4 is 19.1 Å². The monoisotopic (exact) mass is 401 g/mol. The molecule has 2 aromatic rings. The van der Waals surface area contributed by atoms with E-state index in [1.165, 1.54) is 22.7 Å². The van der Waals surface area contributed by atoms with Gasteiger partial charge in [-0.3, -0.25) is 9.69 Å². The number of hydrogen-bond acceptors (Lipinski definition) is 7. The van der Waals surface area contributed by atoms with Gasteiger partial charge >= 0.3 is 0 Å². The quantitative estimate of drug-likeness (QED) is 0.615. The van der Waals surface area contributed by atoms with Crippen molar-refractivity contribution in [3.63, 3.8) is 0 Å². The smallest absolute Gasteiger partial charge is 0.270 e. The van der Waals surface area contributed by atoms with Gasteiger partial charge in [-0.25, -0.2) is 0 Å². The van der Waals surface area contributed by atoms with Crippen LogP contribution in [0.15, 0.2) is 41.3 Å². The summed E-state index contributed by atoms with van der Waals surface area (Å²) in [6.07, 6.45) is 1.73. The predicted molar refractivity (Wildman–Crippen MR) is 107 cm³/mol. The van der Waals surface area contributed by atoms with E-state index >= 15 is 0 Å². The van der Waals surface area contributed by atoms with Gasteiger partial charge in [0.25, 0.3) is 5.91 Å². The summed E-state index contributed by atoms with van der Waals surface area (Å²) in [6.45, 7) is 2.44. The Morgan fingerprint density at radius 2 is 2.07 bits per heavy atom. The average Bonchev–Trinajstić information content (AvgIpc) is 3.22. The normalized spacial score (nSPS) is 17.1. The third-order valence-corrected chi connectivity index (χ3v) is 5.29. The molecule has 138 valence electrons. The molecule has 2 aliphatic rings. The number of amides is 1. The van der Waals surface area contributed by atoms with Gasteiger partial charge < -0.3 is 19.3 Å². The Kier molecular flexibility index (Phi) is 4.67. The van der Waals surface area contributed by atoms with E-state index < -0.39 is 0 Å². The number of thioether (sulfide) groups is 1. The van der Waals surface area contributed by atoms with Crippen molar-refractivity contribution in [2.75, 3.05) is 18.3 Å². The summed E-state index contributed by atoms with van der Waals surface area (Å²) in [5, 5.41) is 9.82.